The molecule has 1 unspecified atom stereocenters. The van der Waals surface area contributed by atoms with Gasteiger partial charge in [0.1, 0.15) is 0 Å². The van der Waals surface area contributed by atoms with Crippen LogP contribution in [0.2, 0.25) is 0 Å². The third kappa shape index (κ3) is 8.97. The van der Waals surface area contributed by atoms with Crippen molar-refractivity contribution in [3.63, 3.8) is 0 Å². The van der Waals surface area contributed by atoms with Gasteiger partial charge in [0.05, 0.1) is 6.61 Å². The Balaban J connectivity index is 3.41. The predicted octanol–water partition coefficient (Wildman–Crippen LogP) is 2.98. The fourth-order valence-corrected chi connectivity index (χ4v) is 0.991. The minimum atomic E-state index is -4.26. The standard InChI is InChI=1S/C11H22F3NO/c1-9(11(12,13)14)16-8-7-15-6-5-10(2,3)4/h9,15H,5-8H2,1-4H3. The third-order valence-electron chi connectivity index (χ3n) is 2.16. The molecule has 0 heterocycles. The van der Waals surface area contributed by atoms with Crippen LogP contribution in [-0.4, -0.2) is 32.0 Å². The van der Waals surface area contributed by atoms with E-state index in [0.717, 1.165) is 19.9 Å². The average Bonchev–Trinajstić information content (AvgIpc) is 2.07. The zero-order valence-electron chi connectivity index (χ0n) is 10.4. The monoisotopic (exact) mass is 241 g/mol. The van der Waals surface area contributed by atoms with Gasteiger partial charge >= 0.3 is 6.18 Å². The smallest absolute Gasteiger partial charge is 0.368 e. The molecule has 0 aliphatic heterocycles. The van der Waals surface area contributed by atoms with Gasteiger partial charge in [-0.15, -0.1) is 0 Å². The molecule has 0 bridgehead atoms. The van der Waals surface area contributed by atoms with Gasteiger partial charge in [0.15, 0.2) is 6.10 Å². The van der Waals surface area contributed by atoms with Crippen LogP contribution in [0.15, 0.2) is 0 Å². The molecule has 0 fully saturated rings. The molecule has 0 amide bonds. The number of rotatable bonds is 6. The van der Waals surface area contributed by atoms with Crippen LogP contribution in [0.5, 0.6) is 0 Å². The first-order valence-electron chi connectivity index (χ1n) is 5.52. The van der Waals surface area contributed by atoms with E-state index in [1.807, 2.05) is 0 Å². The Morgan fingerprint density at radius 2 is 1.69 bits per heavy atom. The summed E-state index contributed by atoms with van der Waals surface area (Å²) in [6.45, 7) is 8.73. The Morgan fingerprint density at radius 1 is 1.12 bits per heavy atom. The largest absolute Gasteiger partial charge is 0.414 e. The van der Waals surface area contributed by atoms with E-state index in [-0.39, 0.29) is 12.0 Å². The Labute approximate surface area is 95.5 Å². The zero-order chi connectivity index (χ0) is 12.8. The fourth-order valence-electron chi connectivity index (χ4n) is 0.991. The van der Waals surface area contributed by atoms with Gasteiger partial charge < -0.3 is 10.1 Å². The summed E-state index contributed by atoms with van der Waals surface area (Å²) in [6, 6.07) is 0. The highest BCUT2D eigenvalue weighted by Gasteiger charge is 2.36. The molecule has 2 nitrogen and oxygen atoms in total. The molecule has 98 valence electrons. The second-order valence-corrected chi connectivity index (χ2v) is 5.12. The molecule has 1 atom stereocenters. The van der Waals surface area contributed by atoms with Crippen molar-refractivity contribution >= 4 is 0 Å². The molecule has 0 aromatic carbocycles. The second kappa shape index (κ2) is 6.45. The lowest BCUT2D eigenvalue weighted by atomic mass is 9.92. The second-order valence-electron chi connectivity index (χ2n) is 5.12. The van der Waals surface area contributed by atoms with Gasteiger partial charge in [0.25, 0.3) is 0 Å². The maximum absolute atomic E-state index is 12.0. The average molecular weight is 241 g/mol. The summed E-state index contributed by atoms with van der Waals surface area (Å²) < 4.78 is 40.8. The zero-order valence-corrected chi connectivity index (χ0v) is 10.4. The first-order valence-corrected chi connectivity index (χ1v) is 5.52. The maximum Gasteiger partial charge on any atom is 0.414 e. The lowest BCUT2D eigenvalue weighted by Gasteiger charge is -2.19. The van der Waals surface area contributed by atoms with E-state index in [1.54, 1.807) is 0 Å². The summed E-state index contributed by atoms with van der Waals surface area (Å²) in [7, 11) is 0. The number of hydrogen-bond donors (Lipinski definition) is 1. The topological polar surface area (TPSA) is 21.3 Å². The minimum Gasteiger partial charge on any atom is -0.368 e. The van der Waals surface area contributed by atoms with Crippen LogP contribution in [-0.2, 0) is 4.74 Å². The van der Waals surface area contributed by atoms with Crippen molar-refractivity contribution in [2.24, 2.45) is 5.41 Å². The van der Waals surface area contributed by atoms with Crippen LogP contribution in [0.3, 0.4) is 0 Å². The molecule has 5 heteroatoms. The highest BCUT2D eigenvalue weighted by molar-refractivity contribution is 4.64. The fraction of sp³-hybridized carbons (Fsp3) is 1.00. The molecule has 16 heavy (non-hydrogen) atoms. The minimum absolute atomic E-state index is 0.0881. The van der Waals surface area contributed by atoms with Crippen molar-refractivity contribution in [2.75, 3.05) is 19.7 Å². The first-order chi connectivity index (χ1) is 7.13. The molecule has 0 saturated carbocycles. The highest BCUT2D eigenvalue weighted by Crippen LogP contribution is 2.21. The maximum atomic E-state index is 12.0. The van der Waals surface area contributed by atoms with E-state index in [9.17, 15) is 13.2 Å². The molecule has 0 aromatic heterocycles. The van der Waals surface area contributed by atoms with Gasteiger partial charge in [-0.05, 0) is 25.3 Å². The number of ether oxygens (including phenoxy) is 1. The van der Waals surface area contributed by atoms with Crippen LogP contribution >= 0.6 is 0 Å². The van der Waals surface area contributed by atoms with Crippen molar-refractivity contribution in [3.8, 4) is 0 Å². The normalized spacial score (nSPS) is 15.2. The lowest BCUT2D eigenvalue weighted by Crippen LogP contribution is -2.32. The molecule has 0 aliphatic rings. The summed E-state index contributed by atoms with van der Waals surface area (Å²) in [5.74, 6) is 0. The van der Waals surface area contributed by atoms with Gasteiger partial charge in [-0.25, -0.2) is 0 Å². The Kier molecular flexibility index (Phi) is 6.33. The molecule has 0 aromatic rings. The van der Waals surface area contributed by atoms with Gasteiger partial charge in [0.2, 0.25) is 0 Å². The van der Waals surface area contributed by atoms with E-state index in [1.165, 1.54) is 0 Å². The van der Waals surface area contributed by atoms with Crippen LogP contribution in [0.25, 0.3) is 0 Å². The molecule has 0 saturated heterocycles. The van der Waals surface area contributed by atoms with E-state index < -0.39 is 12.3 Å². The van der Waals surface area contributed by atoms with Gasteiger partial charge in [0, 0.05) is 6.54 Å². The van der Waals surface area contributed by atoms with Crippen molar-refractivity contribution in [2.45, 2.75) is 46.4 Å². The molecule has 0 rings (SSSR count). The number of alkyl halides is 3. The van der Waals surface area contributed by atoms with Crippen molar-refractivity contribution in [1.82, 2.24) is 5.32 Å². The molecule has 1 N–H and O–H groups in total. The summed E-state index contributed by atoms with van der Waals surface area (Å²) >= 11 is 0. The quantitative estimate of drug-likeness (QED) is 0.722. The van der Waals surface area contributed by atoms with Crippen molar-refractivity contribution < 1.29 is 17.9 Å². The van der Waals surface area contributed by atoms with E-state index in [4.69, 9.17) is 0 Å². The Bertz CT molecular complexity index is 187. The SMILES string of the molecule is CC(OCCNCCC(C)(C)C)C(F)(F)F. The number of nitrogens with one attached hydrogen (secondary N) is 1. The Hall–Kier alpha value is -0.290. The van der Waals surface area contributed by atoms with Crippen LogP contribution in [0.4, 0.5) is 13.2 Å². The van der Waals surface area contributed by atoms with E-state index >= 15 is 0 Å². The predicted molar refractivity (Wildman–Crippen MR) is 58.4 cm³/mol. The molecular formula is C11H22F3NO. The van der Waals surface area contributed by atoms with Gasteiger partial charge in [-0.2, -0.15) is 13.2 Å². The highest BCUT2D eigenvalue weighted by atomic mass is 19.4. The molecule has 0 radical (unpaired) electrons. The summed E-state index contributed by atoms with van der Waals surface area (Å²) in [5.41, 5.74) is 0.243. The van der Waals surface area contributed by atoms with Crippen molar-refractivity contribution in [3.05, 3.63) is 0 Å². The number of hydrogen-bond acceptors (Lipinski definition) is 2. The van der Waals surface area contributed by atoms with Crippen LogP contribution in [0, 0.1) is 5.41 Å². The lowest BCUT2D eigenvalue weighted by molar-refractivity contribution is -0.213. The third-order valence-corrected chi connectivity index (χ3v) is 2.16. The molecule has 0 aliphatic carbocycles. The van der Waals surface area contributed by atoms with E-state index in [2.05, 4.69) is 30.8 Å². The summed E-state index contributed by atoms with van der Waals surface area (Å²) in [5, 5.41) is 3.06. The number of halogens is 3. The molecular weight excluding hydrogens is 219 g/mol. The van der Waals surface area contributed by atoms with Crippen molar-refractivity contribution in [1.29, 1.82) is 0 Å². The van der Waals surface area contributed by atoms with Gasteiger partial charge in [-0.3, -0.25) is 0 Å². The van der Waals surface area contributed by atoms with E-state index in [0.29, 0.717) is 6.54 Å². The van der Waals surface area contributed by atoms with Crippen LogP contribution < -0.4 is 5.32 Å². The summed E-state index contributed by atoms with van der Waals surface area (Å²) in [6.07, 6.45) is -4.95. The Morgan fingerprint density at radius 3 is 2.12 bits per heavy atom. The first kappa shape index (κ1) is 15.7. The van der Waals surface area contributed by atoms with Gasteiger partial charge in [-0.1, -0.05) is 20.8 Å². The van der Waals surface area contributed by atoms with Crippen LogP contribution in [0.1, 0.15) is 34.1 Å². The molecule has 0 spiro atoms. The summed E-state index contributed by atoms with van der Waals surface area (Å²) in [4.78, 5) is 0.